The van der Waals surface area contributed by atoms with Crippen molar-refractivity contribution in [2.24, 2.45) is 4.99 Å². The fraction of sp³-hybridized carbons (Fsp3) is 0.143. The van der Waals surface area contributed by atoms with Gasteiger partial charge in [-0.2, -0.15) is 5.26 Å². The van der Waals surface area contributed by atoms with E-state index in [1.54, 1.807) is 0 Å². The molecule has 26 heavy (non-hydrogen) atoms. The number of anilines is 1. The fourth-order valence-electron chi connectivity index (χ4n) is 2.87. The summed E-state index contributed by atoms with van der Waals surface area (Å²) in [6.45, 7) is 2.19. The first kappa shape index (κ1) is 16.0. The smallest absolute Gasteiger partial charge is 0.195 e. The van der Waals surface area contributed by atoms with Crippen molar-refractivity contribution in [3.8, 4) is 11.8 Å². The highest BCUT2D eigenvalue weighted by Gasteiger charge is 2.05. The van der Waals surface area contributed by atoms with E-state index in [0.29, 0.717) is 12.2 Å². The Bertz CT molecular complexity index is 1000. The molecular formula is C21H18N4O. The van der Waals surface area contributed by atoms with Crippen LogP contribution in [0.2, 0.25) is 0 Å². The highest BCUT2D eigenvalue weighted by molar-refractivity contribution is 5.94. The lowest BCUT2D eigenvalue weighted by molar-refractivity contribution is 0.306. The molecule has 1 aliphatic rings. The van der Waals surface area contributed by atoms with Gasteiger partial charge in [-0.15, -0.1) is 0 Å². The van der Waals surface area contributed by atoms with Gasteiger partial charge in [0.25, 0.3) is 0 Å². The topological polar surface area (TPSA) is 69.4 Å². The van der Waals surface area contributed by atoms with E-state index in [9.17, 15) is 0 Å². The van der Waals surface area contributed by atoms with Crippen LogP contribution in [0.3, 0.4) is 0 Å². The first-order chi connectivity index (χ1) is 12.8. The van der Waals surface area contributed by atoms with Gasteiger partial charge in [-0.1, -0.05) is 18.2 Å². The van der Waals surface area contributed by atoms with Crippen molar-refractivity contribution in [3.05, 3.63) is 71.8 Å². The van der Waals surface area contributed by atoms with E-state index in [4.69, 9.17) is 10.00 Å². The second kappa shape index (κ2) is 7.16. The van der Waals surface area contributed by atoms with Crippen LogP contribution >= 0.6 is 0 Å². The average molecular weight is 342 g/mol. The van der Waals surface area contributed by atoms with Gasteiger partial charge in [0.2, 0.25) is 0 Å². The van der Waals surface area contributed by atoms with E-state index in [1.165, 1.54) is 0 Å². The lowest BCUT2D eigenvalue weighted by Gasteiger charge is -2.10. The molecule has 1 aliphatic heterocycles. The Morgan fingerprint density at radius 2 is 1.85 bits per heavy atom. The van der Waals surface area contributed by atoms with Crippen molar-refractivity contribution in [2.45, 2.75) is 6.61 Å². The molecule has 5 heteroatoms. The minimum atomic E-state index is 0.497. The standard InChI is InChI=1S/C21H18N4O/c22-13-15-1-3-18-12-16(2-4-17(18)11-15)14-26-20-7-5-19(6-8-20)25-21-23-9-10-24-21/h1-8,11-12H,9-10,14H2,(H2,23,24,25). The van der Waals surface area contributed by atoms with Crippen molar-refractivity contribution in [1.29, 1.82) is 5.26 Å². The zero-order valence-corrected chi connectivity index (χ0v) is 14.2. The number of guanidine groups is 1. The third kappa shape index (κ3) is 3.60. The molecule has 0 aliphatic carbocycles. The van der Waals surface area contributed by atoms with Crippen molar-refractivity contribution in [2.75, 3.05) is 18.4 Å². The molecule has 0 radical (unpaired) electrons. The molecule has 0 bridgehead atoms. The highest BCUT2D eigenvalue weighted by atomic mass is 16.5. The minimum absolute atomic E-state index is 0.497. The van der Waals surface area contributed by atoms with Gasteiger partial charge in [-0.3, -0.25) is 4.99 Å². The molecule has 0 unspecified atom stereocenters. The predicted octanol–water partition coefficient (Wildman–Crippen LogP) is 3.66. The summed E-state index contributed by atoms with van der Waals surface area (Å²) in [7, 11) is 0. The van der Waals surface area contributed by atoms with Crippen LogP contribution < -0.4 is 15.4 Å². The molecule has 3 aromatic carbocycles. The van der Waals surface area contributed by atoms with Gasteiger partial charge in [-0.05, 0) is 58.8 Å². The van der Waals surface area contributed by atoms with E-state index >= 15 is 0 Å². The summed E-state index contributed by atoms with van der Waals surface area (Å²) >= 11 is 0. The number of hydrogen-bond donors (Lipinski definition) is 2. The second-order valence-electron chi connectivity index (χ2n) is 6.10. The summed E-state index contributed by atoms with van der Waals surface area (Å²) < 4.78 is 5.88. The van der Waals surface area contributed by atoms with Crippen molar-refractivity contribution in [3.63, 3.8) is 0 Å². The molecular weight excluding hydrogens is 324 g/mol. The number of aliphatic imine (C=N–C) groups is 1. The van der Waals surface area contributed by atoms with Gasteiger partial charge in [0, 0.05) is 12.2 Å². The SMILES string of the molecule is N#Cc1ccc2cc(COc3ccc(NC4=NCCN4)cc3)ccc2c1. The third-order valence-corrected chi connectivity index (χ3v) is 4.23. The Balaban J connectivity index is 1.40. The van der Waals surface area contributed by atoms with Crippen LogP contribution in [0.15, 0.2) is 65.7 Å². The Labute approximate surface area is 151 Å². The Morgan fingerprint density at radius 3 is 2.62 bits per heavy atom. The zero-order valence-electron chi connectivity index (χ0n) is 14.2. The van der Waals surface area contributed by atoms with Crippen molar-refractivity contribution in [1.82, 2.24) is 5.32 Å². The molecule has 0 fully saturated rings. The number of nitrogens with one attached hydrogen (secondary N) is 2. The molecule has 0 saturated carbocycles. The third-order valence-electron chi connectivity index (χ3n) is 4.23. The van der Waals surface area contributed by atoms with Gasteiger partial charge in [0.1, 0.15) is 12.4 Å². The molecule has 3 aromatic rings. The maximum Gasteiger partial charge on any atom is 0.195 e. The number of rotatable bonds is 4. The number of nitrogens with zero attached hydrogens (tertiary/aromatic N) is 2. The Morgan fingerprint density at radius 1 is 1.04 bits per heavy atom. The van der Waals surface area contributed by atoms with Crippen LogP contribution in [-0.2, 0) is 6.61 Å². The summed E-state index contributed by atoms with van der Waals surface area (Å²) in [5, 5.41) is 17.6. The van der Waals surface area contributed by atoms with Crippen LogP contribution in [0.5, 0.6) is 5.75 Å². The average Bonchev–Trinajstić information content (AvgIpc) is 3.20. The summed E-state index contributed by atoms with van der Waals surface area (Å²) in [6, 6.07) is 21.9. The number of fused-ring (bicyclic) bond motifs is 1. The molecule has 128 valence electrons. The Kier molecular flexibility index (Phi) is 4.40. The number of ether oxygens (including phenoxy) is 1. The minimum Gasteiger partial charge on any atom is -0.489 e. The monoisotopic (exact) mass is 342 g/mol. The van der Waals surface area contributed by atoms with Crippen LogP contribution in [-0.4, -0.2) is 19.0 Å². The quantitative estimate of drug-likeness (QED) is 0.759. The maximum atomic E-state index is 8.98. The predicted molar refractivity (Wildman–Crippen MR) is 103 cm³/mol. The van der Waals surface area contributed by atoms with Crippen molar-refractivity contribution >= 4 is 22.4 Å². The summed E-state index contributed by atoms with van der Waals surface area (Å²) in [5.41, 5.74) is 2.74. The molecule has 0 aromatic heterocycles. The lowest BCUT2D eigenvalue weighted by Crippen LogP contribution is -2.26. The first-order valence-corrected chi connectivity index (χ1v) is 8.51. The van der Waals surface area contributed by atoms with E-state index in [1.807, 2.05) is 54.6 Å². The summed E-state index contributed by atoms with van der Waals surface area (Å²) in [6.07, 6.45) is 0. The molecule has 4 rings (SSSR count). The number of benzene rings is 3. The van der Waals surface area contributed by atoms with Crippen LogP contribution in [0, 0.1) is 11.3 Å². The molecule has 1 heterocycles. The molecule has 2 N–H and O–H groups in total. The number of hydrogen-bond acceptors (Lipinski definition) is 5. The van der Waals surface area contributed by atoms with Crippen LogP contribution in [0.1, 0.15) is 11.1 Å². The highest BCUT2D eigenvalue weighted by Crippen LogP contribution is 2.20. The van der Waals surface area contributed by atoms with E-state index < -0.39 is 0 Å². The number of nitriles is 1. The lowest BCUT2D eigenvalue weighted by atomic mass is 10.1. The van der Waals surface area contributed by atoms with Gasteiger partial charge in [-0.25, -0.2) is 0 Å². The molecule has 0 amide bonds. The normalized spacial score (nSPS) is 13.0. The van der Waals surface area contributed by atoms with Crippen LogP contribution in [0.25, 0.3) is 10.8 Å². The second-order valence-corrected chi connectivity index (χ2v) is 6.10. The van der Waals surface area contributed by atoms with Gasteiger partial charge in [0.05, 0.1) is 18.2 Å². The van der Waals surface area contributed by atoms with E-state index in [2.05, 4.69) is 27.8 Å². The van der Waals surface area contributed by atoms with Gasteiger partial charge >= 0.3 is 0 Å². The van der Waals surface area contributed by atoms with E-state index in [-0.39, 0.29) is 0 Å². The summed E-state index contributed by atoms with van der Waals surface area (Å²) in [4.78, 5) is 4.31. The molecule has 0 atom stereocenters. The molecule has 5 nitrogen and oxygen atoms in total. The summed E-state index contributed by atoms with van der Waals surface area (Å²) in [5.74, 6) is 1.63. The Hall–Kier alpha value is -3.52. The zero-order chi connectivity index (χ0) is 17.8. The largest absolute Gasteiger partial charge is 0.489 e. The first-order valence-electron chi connectivity index (χ1n) is 8.51. The molecule has 0 saturated heterocycles. The van der Waals surface area contributed by atoms with Gasteiger partial charge < -0.3 is 15.4 Å². The fourth-order valence-corrected chi connectivity index (χ4v) is 2.87. The van der Waals surface area contributed by atoms with Gasteiger partial charge in [0.15, 0.2) is 5.96 Å². The van der Waals surface area contributed by atoms with Crippen molar-refractivity contribution < 1.29 is 4.74 Å². The van der Waals surface area contributed by atoms with Crippen LogP contribution in [0.4, 0.5) is 5.69 Å². The van der Waals surface area contributed by atoms with E-state index in [0.717, 1.165) is 46.8 Å². The maximum absolute atomic E-state index is 8.98. The molecule has 0 spiro atoms.